The van der Waals surface area contributed by atoms with Crippen molar-refractivity contribution in [2.75, 3.05) is 0 Å². The molecule has 18 heavy (non-hydrogen) atoms. The second kappa shape index (κ2) is 6.55. The molecule has 3 nitrogen and oxygen atoms in total. The number of benzene rings is 1. The molecule has 0 atom stereocenters. The molecule has 87 valence electrons. The Morgan fingerprint density at radius 2 is 1.50 bits per heavy atom. The Morgan fingerprint density at radius 1 is 1.00 bits per heavy atom. The van der Waals surface area contributed by atoms with Crippen LogP contribution < -0.4 is 5.11 Å². The van der Waals surface area contributed by atoms with E-state index < -0.39 is 0 Å². The van der Waals surface area contributed by atoms with Crippen molar-refractivity contribution in [3.8, 4) is 5.75 Å². The third-order valence-corrected chi connectivity index (χ3v) is 2.64. The summed E-state index contributed by atoms with van der Waals surface area (Å²) in [7, 11) is 0. The molecule has 0 aliphatic heterocycles. The smallest absolute Gasteiger partial charge is 0.181 e. The van der Waals surface area contributed by atoms with Crippen molar-refractivity contribution in [3.05, 3.63) is 46.5 Å². The molecule has 0 saturated heterocycles. The van der Waals surface area contributed by atoms with E-state index in [9.17, 15) is 9.90 Å². The van der Waals surface area contributed by atoms with Gasteiger partial charge in [-0.1, -0.05) is 35.3 Å². The van der Waals surface area contributed by atoms with Crippen LogP contribution >= 0.6 is 23.2 Å². The number of hydrogen-bond donors (Lipinski definition) is 0. The van der Waals surface area contributed by atoms with Crippen LogP contribution in [0.2, 0.25) is 0 Å². The Morgan fingerprint density at radius 3 is 2.00 bits per heavy atom. The van der Waals surface area contributed by atoms with Crippen LogP contribution in [0.1, 0.15) is 0 Å². The molecule has 1 aliphatic carbocycles. The van der Waals surface area contributed by atoms with E-state index in [1.54, 1.807) is 12.1 Å². The van der Waals surface area contributed by atoms with Gasteiger partial charge in [-0.15, -0.1) is 5.75 Å². The van der Waals surface area contributed by atoms with E-state index in [2.05, 4.69) is 4.99 Å². The van der Waals surface area contributed by atoms with Gasteiger partial charge in [-0.3, -0.25) is 4.79 Å². The van der Waals surface area contributed by atoms with Crippen LogP contribution in [0.15, 0.2) is 51.5 Å². The third-order valence-electron chi connectivity index (χ3n) is 2.07. The van der Waals surface area contributed by atoms with Gasteiger partial charge in [0.15, 0.2) is 5.78 Å². The van der Waals surface area contributed by atoms with Gasteiger partial charge in [0, 0.05) is 41.7 Å². The van der Waals surface area contributed by atoms with Gasteiger partial charge in [0.25, 0.3) is 0 Å². The second-order valence-electron chi connectivity index (χ2n) is 3.34. The van der Waals surface area contributed by atoms with E-state index in [1.807, 2.05) is 0 Å². The fraction of sp³-hybridized carbons (Fsp3) is 0. The van der Waals surface area contributed by atoms with Crippen LogP contribution in [0.3, 0.4) is 0 Å². The summed E-state index contributed by atoms with van der Waals surface area (Å²) in [6.45, 7) is 0. The number of ketones is 1. The molecule has 0 unspecified atom stereocenters. The Kier molecular flexibility index (Phi) is 5.63. The minimum Gasteiger partial charge on any atom is -0.872 e. The van der Waals surface area contributed by atoms with Crippen molar-refractivity contribution in [1.29, 1.82) is 0 Å². The number of rotatable bonds is 1. The molecule has 1 aromatic rings. The molecule has 6 heteroatoms. The fourth-order valence-corrected chi connectivity index (χ4v) is 1.85. The molecule has 0 amide bonds. The molecule has 0 aromatic heterocycles. The zero-order chi connectivity index (χ0) is 12.4. The van der Waals surface area contributed by atoms with Gasteiger partial charge in [-0.05, 0) is 12.1 Å². The minimum atomic E-state index is -0.270. The number of carbonyl (C=O) groups excluding carboxylic acids is 1. The molecule has 1 aliphatic rings. The summed E-state index contributed by atoms with van der Waals surface area (Å²) in [6.07, 6.45) is 2.49. The van der Waals surface area contributed by atoms with Crippen LogP contribution in [0.25, 0.3) is 0 Å². The number of aliphatic imine (C=N–C) groups is 1. The Balaban J connectivity index is 0.00000162. The van der Waals surface area contributed by atoms with Crippen molar-refractivity contribution in [2.24, 2.45) is 4.99 Å². The number of hydrogen-bond acceptors (Lipinski definition) is 3. The molecule has 0 saturated carbocycles. The maximum atomic E-state index is 11.1. The third kappa shape index (κ3) is 3.70. The molecular formula is C12H6Cl2NNaO2-. The molecule has 0 heterocycles. The van der Waals surface area contributed by atoms with E-state index in [1.165, 1.54) is 24.3 Å². The van der Waals surface area contributed by atoms with E-state index in [0.29, 0.717) is 11.4 Å². The molecule has 1 radical (unpaired) electrons. The first-order valence-corrected chi connectivity index (χ1v) is 5.47. The standard InChI is InChI=1S/C12H7Cl2NO2.Na/c13-10-5-9(17)6-11(14)12(10)15-7-1-3-8(16)4-2-7;/h1-6,16H;/p-1. The van der Waals surface area contributed by atoms with Crippen LogP contribution in [0.4, 0.5) is 5.69 Å². The van der Waals surface area contributed by atoms with E-state index in [-0.39, 0.29) is 51.2 Å². The summed E-state index contributed by atoms with van der Waals surface area (Å²) in [4.78, 5) is 15.3. The van der Waals surface area contributed by atoms with Crippen molar-refractivity contribution >= 4 is 69.9 Å². The number of nitrogens with zero attached hydrogens (tertiary/aromatic N) is 1. The Labute approximate surface area is 136 Å². The topological polar surface area (TPSA) is 52.5 Å². The summed E-state index contributed by atoms with van der Waals surface area (Å²) in [5, 5.41) is 11.3. The monoisotopic (exact) mass is 289 g/mol. The maximum Gasteiger partial charge on any atom is 0.181 e. The van der Waals surface area contributed by atoms with E-state index in [0.717, 1.165) is 0 Å². The zero-order valence-electron chi connectivity index (χ0n) is 9.48. The first-order chi connectivity index (χ1) is 8.06. The fourth-order valence-electron chi connectivity index (χ4n) is 1.30. The van der Waals surface area contributed by atoms with Crippen molar-refractivity contribution in [2.45, 2.75) is 0 Å². The Bertz CT molecular complexity index is 538. The van der Waals surface area contributed by atoms with Crippen LogP contribution in [0.5, 0.6) is 5.75 Å². The quantitative estimate of drug-likeness (QED) is 0.588. The van der Waals surface area contributed by atoms with Gasteiger partial charge < -0.3 is 5.11 Å². The van der Waals surface area contributed by atoms with Crippen LogP contribution in [-0.4, -0.2) is 41.1 Å². The molecule has 1 aromatic carbocycles. The summed E-state index contributed by atoms with van der Waals surface area (Å²) >= 11 is 11.8. The molecule has 0 bridgehead atoms. The molecule has 2 rings (SSSR count). The first kappa shape index (κ1) is 15.5. The van der Waals surface area contributed by atoms with E-state index in [4.69, 9.17) is 23.2 Å². The summed E-state index contributed by atoms with van der Waals surface area (Å²) < 4.78 is 0. The van der Waals surface area contributed by atoms with Gasteiger partial charge in [0.1, 0.15) is 5.71 Å². The Hall–Kier alpha value is -0.580. The SMILES string of the molecule is O=C1C=C(Cl)C(=Nc2ccc([O-])cc2)C(Cl)=C1.[Na]. The van der Waals surface area contributed by atoms with Gasteiger partial charge >= 0.3 is 0 Å². The zero-order valence-corrected chi connectivity index (χ0v) is 13.0. The predicted octanol–water partition coefficient (Wildman–Crippen LogP) is 2.28. The van der Waals surface area contributed by atoms with Gasteiger partial charge in [0.2, 0.25) is 0 Å². The average molecular weight is 290 g/mol. The molecule has 0 spiro atoms. The molecular weight excluding hydrogens is 284 g/mol. The number of carbonyl (C=O) groups is 1. The summed E-state index contributed by atoms with van der Waals surface area (Å²) in [5.41, 5.74) is 0.874. The number of halogens is 2. The predicted molar refractivity (Wildman–Crippen MR) is 71.6 cm³/mol. The average Bonchev–Trinajstić information content (AvgIpc) is 2.26. The van der Waals surface area contributed by atoms with Crippen LogP contribution in [-0.2, 0) is 4.79 Å². The minimum absolute atomic E-state index is 0. The van der Waals surface area contributed by atoms with Crippen molar-refractivity contribution in [3.63, 3.8) is 0 Å². The molecule has 0 fully saturated rings. The van der Waals surface area contributed by atoms with Crippen molar-refractivity contribution < 1.29 is 9.90 Å². The summed E-state index contributed by atoms with van der Waals surface area (Å²) in [5.74, 6) is -0.370. The normalized spacial score (nSPS) is 14.6. The number of allylic oxidation sites excluding steroid dienone is 4. The maximum absolute atomic E-state index is 11.1. The second-order valence-corrected chi connectivity index (χ2v) is 4.16. The van der Waals surface area contributed by atoms with E-state index >= 15 is 0 Å². The molecule has 0 N–H and O–H groups in total. The van der Waals surface area contributed by atoms with Gasteiger partial charge in [0.05, 0.1) is 15.8 Å². The van der Waals surface area contributed by atoms with Crippen LogP contribution in [0, 0.1) is 0 Å². The van der Waals surface area contributed by atoms with Gasteiger partial charge in [-0.25, -0.2) is 4.99 Å². The first-order valence-electron chi connectivity index (χ1n) is 4.71. The van der Waals surface area contributed by atoms with Gasteiger partial charge in [-0.2, -0.15) is 0 Å². The largest absolute Gasteiger partial charge is 0.872 e. The summed E-state index contributed by atoms with van der Waals surface area (Å²) in [6, 6.07) is 5.89. The van der Waals surface area contributed by atoms with Crippen molar-refractivity contribution in [1.82, 2.24) is 0 Å².